The van der Waals surface area contributed by atoms with Gasteiger partial charge in [-0.05, 0) is 60.6 Å². The molecule has 0 radical (unpaired) electrons. The minimum absolute atomic E-state index is 0.413. The van der Waals surface area contributed by atoms with Crippen LogP contribution in [0.4, 0.5) is 0 Å². The Morgan fingerprint density at radius 3 is 2.26 bits per heavy atom. The largest absolute Gasteiger partial charge is 0.316 e. The quantitative estimate of drug-likeness (QED) is 0.798. The Balaban J connectivity index is 1.76. The van der Waals surface area contributed by atoms with Crippen LogP contribution in [-0.4, -0.2) is 26.2 Å². The Morgan fingerprint density at radius 2 is 1.79 bits per heavy atom. The number of hydrogen-bond donors (Lipinski definition) is 2. The number of rotatable bonds is 5. The summed E-state index contributed by atoms with van der Waals surface area (Å²) < 4.78 is 0. The monoisotopic (exact) mass is 266 g/mol. The van der Waals surface area contributed by atoms with Gasteiger partial charge in [0, 0.05) is 6.54 Å². The third kappa shape index (κ3) is 2.85. The lowest BCUT2D eigenvalue weighted by atomic mass is 9.75. The normalized spacial score (nSPS) is 30.3. The van der Waals surface area contributed by atoms with Crippen LogP contribution in [0.5, 0.6) is 0 Å². The molecule has 1 saturated heterocycles. The van der Waals surface area contributed by atoms with Gasteiger partial charge >= 0.3 is 0 Å². The van der Waals surface area contributed by atoms with E-state index in [1.807, 2.05) is 0 Å². The Kier molecular flexibility index (Phi) is 4.06. The molecule has 19 heavy (non-hydrogen) atoms. The Labute approximate surface area is 120 Å². The molecule has 1 atom stereocenters. The Morgan fingerprint density at radius 1 is 1.16 bits per heavy atom. The molecular weight excluding hydrogens is 232 g/mol. The molecule has 112 valence electrons. The highest BCUT2D eigenvalue weighted by Crippen LogP contribution is 2.67. The van der Waals surface area contributed by atoms with Crippen molar-refractivity contribution in [3.8, 4) is 0 Å². The fourth-order valence-electron chi connectivity index (χ4n) is 4.05. The summed E-state index contributed by atoms with van der Waals surface area (Å²) in [6, 6.07) is 0. The van der Waals surface area contributed by atoms with E-state index in [4.69, 9.17) is 0 Å². The maximum atomic E-state index is 3.77. The van der Waals surface area contributed by atoms with Gasteiger partial charge in [-0.1, -0.05) is 41.5 Å². The van der Waals surface area contributed by atoms with Crippen molar-refractivity contribution in [1.29, 1.82) is 0 Å². The average molecular weight is 266 g/mol. The summed E-state index contributed by atoms with van der Waals surface area (Å²) in [5, 5.41) is 7.32. The Hall–Kier alpha value is -0.0800. The molecule has 1 heterocycles. The molecule has 1 unspecified atom stereocenters. The first-order valence-corrected chi connectivity index (χ1v) is 8.11. The molecule has 2 fully saturated rings. The van der Waals surface area contributed by atoms with Gasteiger partial charge in [-0.2, -0.15) is 0 Å². The lowest BCUT2D eigenvalue weighted by Gasteiger charge is -2.37. The van der Waals surface area contributed by atoms with Crippen molar-refractivity contribution in [2.24, 2.45) is 28.1 Å². The van der Waals surface area contributed by atoms with Gasteiger partial charge in [-0.3, -0.25) is 0 Å². The summed E-state index contributed by atoms with van der Waals surface area (Å²) in [5.41, 5.74) is 1.43. The number of hydrogen-bond acceptors (Lipinski definition) is 2. The third-order valence-corrected chi connectivity index (χ3v) is 6.65. The van der Waals surface area contributed by atoms with E-state index < -0.39 is 0 Å². The molecule has 2 rings (SSSR count). The second-order valence-electron chi connectivity index (χ2n) is 8.66. The minimum atomic E-state index is 0.413. The summed E-state index contributed by atoms with van der Waals surface area (Å²) in [6.45, 7) is 19.3. The van der Waals surface area contributed by atoms with Crippen molar-refractivity contribution in [3.63, 3.8) is 0 Å². The summed E-state index contributed by atoms with van der Waals surface area (Å²) in [5.74, 6) is 1.66. The van der Waals surface area contributed by atoms with E-state index in [9.17, 15) is 0 Å². The third-order valence-electron chi connectivity index (χ3n) is 6.65. The van der Waals surface area contributed by atoms with Gasteiger partial charge in [0.05, 0.1) is 0 Å². The SMILES string of the molecule is CC(C)(CNCC1C(C)(C)C1(C)C)C1CCCNC1. The van der Waals surface area contributed by atoms with Crippen LogP contribution in [0.15, 0.2) is 0 Å². The molecule has 2 heteroatoms. The van der Waals surface area contributed by atoms with Crippen molar-refractivity contribution >= 4 is 0 Å². The van der Waals surface area contributed by atoms with Crippen LogP contribution in [-0.2, 0) is 0 Å². The smallest absolute Gasteiger partial charge is 0.000577 e. The van der Waals surface area contributed by atoms with E-state index in [2.05, 4.69) is 52.2 Å². The van der Waals surface area contributed by atoms with E-state index in [1.54, 1.807) is 0 Å². The standard InChI is InChI=1S/C17H34N2/c1-15(2,13-8-7-9-18-10-13)12-19-11-14-16(3,4)17(14,5)6/h13-14,18-19H,7-12H2,1-6H3. The summed E-state index contributed by atoms with van der Waals surface area (Å²) >= 11 is 0. The molecule has 2 nitrogen and oxygen atoms in total. The zero-order valence-electron chi connectivity index (χ0n) is 13.9. The molecule has 0 spiro atoms. The van der Waals surface area contributed by atoms with Crippen molar-refractivity contribution in [1.82, 2.24) is 10.6 Å². The van der Waals surface area contributed by atoms with Crippen molar-refractivity contribution in [2.45, 2.75) is 54.4 Å². The summed E-state index contributed by atoms with van der Waals surface area (Å²) in [6.07, 6.45) is 2.73. The molecule has 0 aromatic carbocycles. The topological polar surface area (TPSA) is 24.1 Å². The molecule has 0 bridgehead atoms. The second-order valence-corrected chi connectivity index (χ2v) is 8.66. The Bertz CT molecular complexity index is 297. The van der Waals surface area contributed by atoms with Gasteiger partial charge in [0.1, 0.15) is 0 Å². The summed E-state index contributed by atoms with van der Waals surface area (Å²) in [4.78, 5) is 0. The van der Waals surface area contributed by atoms with Crippen LogP contribution in [0.2, 0.25) is 0 Å². The molecular formula is C17H34N2. The van der Waals surface area contributed by atoms with Crippen LogP contribution < -0.4 is 10.6 Å². The van der Waals surface area contributed by atoms with Gasteiger partial charge in [0.2, 0.25) is 0 Å². The van der Waals surface area contributed by atoms with E-state index in [0.717, 1.165) is 18.4 Å². The highest BCUT2D eigenvalue weighted by atomic mass is 14.9. The molecule has 1 saturated carbocycles. The lowest BCUT2D eigenvalue weighted by Crippen LogP contribution is -2.43. The van der Waals surface area contributed by atoms with Gasteiger partial charge < -0.3 is 10.6 Å². The molecule has 0 aromatic rings. The van der Waals surface area contributed by atoms with Gasteiger partial charge in [0.25, 0.3) is 0 Å². The molecule has 0 amide bonds. The molecule has 1 aliphatic carbocycles. The van der Waals surface area contributed by atoms with Crippen LogP contribution >= 0.6 is 0 Å². The molecule has 0 aromatic heterocycles. The van der Waals surface area contributed by atoms with E-state index in [0.29, 0.717) is 16.2 Å². The fourth-order valence-corrected chi connectivity index (χ4v) is 4.05. The van der Waals surface area contributed by atoms with Gasteiger partial charge in [-0.15, -0.1) is 0 Å². The maximum absolute atomic E-state index is 3.77. The summed E-state index contributed by atoms with van der Waals surface area (Å²) in [7, 11) is 0. The second kappa shape index (κ2) is 5.04. The van der Waals surface area contributed by atoms with Gasteiger partial charge in [0.15, 0.2) is 0 Å². The molecule has 2 aliphatic rings. The highest BCUT2D eigenvalue weighted by Gasteiger charge is 2.63. The van der Waals surface area contributed by atoms with Crippen molar-refractivity contribution in [2.75, 3.05) is 26.2 Å². The first kappa shape index (κ1) is 15.3. The van der Waals surface area contributed by atoms with E-state index in [-0.39, 0.29) is 0 Å². The minimum Gasteiger partial charge on any atom is -0.316 e. The molecule has 2 N–H and O–H groups in total. The van der Waals surface area contributed by atoms with Crippen LogP contribution in [0.1, 0.15) is 54.4 Å². The lowest BCUT2D eigenvalue weighted by molar-refractivity contribution is 0.165. The molecule has 1 aliphatic heterocycles. The van der Waals surface area contributed by atoms with E-state index in [1.165, 1.54) is 32.5 Å². The van der Waals surface area contributed by atoms with Crippen LogP contribution in [0.3, 0.4) is 0 Å². The fraction of sp³-hybridized carbons (Fsp3) is 1.00. The number of piperidine rings is 1. The predicted octanol–water partition coefficient (Wildman–Crippen LogP) is 3.28. The average Bonchev–Trinajstić information content (AvgIpc) is 2.72. The van der Waals surface area contributed by atoms with Crippen LogP contribution in [0.25, 0.3) is 0 Å². The zero-order chi connectivity index (χ0) is 14.3. The van der Waals surface area contributed by atoms with Crippen molar-refractivity contribution < 1.29 is 0 Å². The zero-order valence-corrected chi connectivity index (χ0v) is 13.9. The maximum Gasteiger partial charge on any atom is 0.000577 e. The first-order valence-electron chi connectivity index (χ1n) is 8.11. The highest BCUT2D eigenvalue weighted by molar-refractivity contribution is 5.12. The van der Waals surface area contributed by atoms with Crippen LogP contribution in [0, 0.1) is 28.1 Å². The first-order chi connectivity index (χ1) is 8.69. The predicted molar refractivity (Wildman–Crippen MR) is 83.3 cm³/mol. The number of nitrogens with one attached hydrogen (secondary N) is 2. The van der Waals surface area contributed by atoms with Crippen molar-refractivity contribution in [3.05, 3.63) is 0 Å². The van der Waals surface area contributed by atoms with E-state index >= 15 is 0 Å². The van der Waals surface area contributed by atoms with Gasteiger partial charge in [-0.25, -0.2) is 0 Å².